The van der Waals surface area contributed by atoms with Gasteiger partial charge in [-0.3, -0.25) is 39.2 Å². The van der Waals surface area contributed by atoms with E-state index < -0.39 is 52.9 Å². The summed E-state index contributed by atoms with van der Waals surface area (Å²) in [5, 5.41) is 17.3. The topological polar surface area (TPSA) is 163 Å². The number of ether oxygens (including phenoxy) is 1. The second-order valence-corrected chi connectivity index (χ2v) is 14.9. The van der Waals surface area contributed by atoms with Crippen LogP contribution in [-0.4, -0.2) is 101 Å². The highest BCUT2D eigenvalue weighted by Gasteiger charge is 2.51. The maximum absolute atomic E-state index is 15.3. The zero-order valence-corrected chi connectivity index (χ0v) is 32.7. The van der Waals surface area contributed by atoms with Gasteiger partial charge in [0.25, 0.3) is 5.91 Å². The number of carbonyl (C=O) groups excluding carboxylic acids is 4. The Labute approximate surface area is 337 Å². The molecular weight excluding hydrogens is 783 g/mol. The highest BCUT2D eigenvalue weighted by Crippen LogP contribution is 2.40. The molecule has 306 valence electrons. The minimum atomic E-state index is -4.82. The average Bonchev–Trinajstić information content (AvgIpc) is 3.35. The number of pyridine rings is 1. The van der Waals surface area contributed by atoms with E-state index in [1.54, 1.807) is 44.2 Å². The third-order valence-electron chi connectivity index (χ3n) is 10.1. The number of anilines is 4. The number of nitrogens with zero attached hydrogens (tertiary/aromatic N) is 6. The molecule has 0 bridgehead atoms. The van der Waals surface area contributed by atoms with Gasteiger partial charge in [-0.2, -0.15) is 18.4 Å². The fraction of sp³-hybridized carbons (Fsp3) is 0.410. The summed E-state index contributed by atoms with van der Waals surface area (Å²) in [6.45, 7) is 6.27. The van der Waals surface area contributed by atoms with Gasteiger partial charge >= 0.3 is 6.18 Å². The summed E-state index contributed by atoms with van der Waals surface area (Å²) in [4.78, 5) is 60.4. The second-order valence-electron chi connectivity index (χ2n) is 14.5. The molecule has 3 aliphatic rings. The molecule has 58 heavy (non-hydrogen) atoms. The average molecular weight is 824 g/mol. The minimum absolute atomic E-state index is 0.0463. The molecule has 2 aromatic carbocycles. The van der Waals surface area contributed by atoms with Crippen molar-refractivity contribution in [2.45, 2.75) is 64.1 Å². The van der Waals surface area contributed by atoms with Crippen LogP contribution in [0.5, 0.6) is 5.88 Å². The number of imide groups is 1. The lowest BCUT2D eigenvalue weighted by molar-refractivity contribution is -0.138. The monoisotopic (exact) mass is 823 g/mol. The second kappa shape index (κ2) is 17.0. The molecule has 4 amide bonds. The van der Waals surface area contributed by atoms with E-state index in [1.165, 1.54) is 28.1 Å². The number of piperazine rings is 1. The zero-order chi connectivity index (χ0) is 41.9. The third kappa shape index (κ3) is 9.03. The largest absolute Gasteiger partial charge is 0.476 e. The number of halogens is 4. The van der Waals surface area contributed by atoms with Crippen molar-refractivity contribution in [3.05, 3.63) is 71.4 Å². The number of hydrogen-bond acceptors (Lipinski definition) is 11. The van der Waals surface area contributed by atoms with Crippen molar-refractivity contribution in [2.24, 2.45) is 0 Å². The molecule has 1 unspecified atom stereocenters. The minimum Gasteiger partial charge on any atom is -0.476 e. The van der Waals surface area contributed by atoms with Gasteiger partial charge in [-0.05, 0) is 81.4 Å². The van der Waals surface area contributed by atoms with Crippen LogP contribution in [0, 0.1) is 11.3 Å². The number of aryl methyl sites for hydroxylation is 1. The molecule has 3 aliphatic heterocycles. The van der Waals surface area contributed by atoms with Crippen molar-refractivity contribution in [3.63, 3.8) is 0 Å². The molecule has 19 heteroatoms. The number of aromatic nitrogens is 1. The maximum Gasteiger partial charge on any atom is 0.417 e. The summed E-state index contributed by atoms with van der Waals surface area (Å²) < 4.78 is 62.5. The Kier molecular flexibility index (Phi) is 12.3. The number of piperidine rings is 1. The smallest absolute Gasteiger partial charge is 0.417 e. The number of thiocarbonyl (C=S) groups is 1. The maximum atomic E-state index is 15.3. The van der Waals surface area contributed by atoms with Gasteiger partial charge in [0.05, 0.1) is 41.3 Å². The molecule has 3 aromatic rings. The first-order valence-electron chi connectivity index (χ1n) is 18.5. The lowest BCUT2D eigenvalue weighted by Crippen LogP contribution is -2.53. The van der Waals surface area contributed by atoms with E-state index in [0.29, 0.717) is 61.0 Å². The summed E-state index contributed by atoms with van der Waals surface area (Å²) in [5.74, 6) is -1.38. The number of rotatable bonds is 12. The van der Waals surface area contributed by atoms with Gasteiger partial charge in [-0.15, -0.1) is 0 Å². The Morgan fingerprint density at radius 1 is 1.10 bits per heavy atom. The van der Waals surface area contributed by atoms with E-state index in [2.05, 4.69) is 20.9 Å². The highest BCUT2D eigenvalue weighted by atomic mass is 32.1. The number of carbonyl (C=O) groups is 4. The molecule has 0 radical (unpaired) electrons. The number of nitriles is 1. The molecule has 4 heterocycles. The van der Waals surface area contributed by atoms with Crippen molar-refractivity contribution in [3.8, 4) is 11.9 Å². The molecular formula is C39H41F4N9O5S. The van der Waals surface area contributed by atoms with Gasteiger partial charge in [0.1, 0.15) is 18.2 Å². The third-order valence-corrected chi connectivity index (χ3v) is 10.5. The van der Waals surface area contributed by atoms with E-state index in [9.17, 15) is 37.6 Å². The Balaban J connectivity index is 1.01. The lowest BCUT2D eigenvalue weighted by Gasteiger charge is -2.36. The van der Waals surface area contributed by atoms with Crippen LogP contribution in [0.3, 0.4) is 0 Å². The Morgan fingerprint density at radius 3 is 2.55 bits per heavy atom. The molecule has 3 N–H and O–H groups in total. The van der Waals surface area contributed by atoms with Crippen molar-refractivity contribution in [2.75, 3.05) is 59.8 Å². The number of benzene rings is 2. The normalized spacial score (nSPS) is 20.2. The Morgan fingerprint density at radius 2 is 1.86 bits per heavy atom. The quantitative estimate of drug-likeness (QED) is 0.101. The first-order chi connectivity index (χ1) is 27.5. The van der Waals surface area contributed by atoms with Crippen LogP contribution in [0.1, 0.15) is 50.3 Å². The van der Waals surface area contributed by atoms with Gasteiger partial charge in [-0.1, -0.05) is 13.0 Å². The van der Waals surface area contributed by atoms with Crippen molar-refractivity contribution in [1.82, 2.24) is 20.1 Å². The van der Waals surface area contributed by atoms with Crippen LogP contribution in [0.2, 0.25) is 0 Å². The molecule has 3 saturated heterocycles. The van der Waals surface area contributed by atoms with Gasteiger partial charge in [-0.25, -0.2) is 9.37 Å². The van der Waals surface area contributed by atoms with Gasteiger partial charge in [0.2, 0.25) is 23.6 Å². The van der Waals surface area contributed by atoms with Crippen LogP contribution in [-0.2, 0) is 31.8 Å². The number of hydrogen-bond donors (Lipinski definition) is 3. The van der Waals surface area contributed by atoms with Gasteiger partial charge in [0.15, 0.2) is 11.4 Å². The number of amides is 4. The number of alkyl halides is 4. The molecule has 0 aliphatic carbocycles. The first-order valence-corrected chi connectivity index (χ1v) is 18.9. The molecule has 6 rings (SSSR count). The van der Waals surface area contributed by atoms with E-state index in [4.69, 9.17) is 17.0 Å². The van der Waals surface area contributed by atoms with Gasteiger partial charge < -0.3 is 20.3 Å². The van der Waals surface area contributed by atoms with Gasteiger partial charge in [0, 0.05) is 49.5 Å². The summed E-state index contributed by atoms with van der Waals surface area (Å²) in [7, 11) is 0. The fourth-order valence-corrected chi connectivity index (χ4v) is 7.56. The summed E-state index contributed by atoms with van der Waals surface area (Å²) in [6, 6.07) is 12.5. The predicted molar refractivity (Wildman–Crippen MR) is 210 cm³/mol. The van der Waals surface area contributed by atoms with E-state index in [-0.39, 0.29) is 42.8 Å². The molecule has 0 saturated carbocycles. The SMILES string of the molecule is CCc1cc(N2C(=S)N(c3ccc(C#N)c(C(F)(F)F)c3)C(=O)C2(C)C)cnc1OCCN1CCN(CC(=O)Nc2cccc(NC3CCC(=O)NC3=O)c2)[C@H](F)C1. The standard InChI is InChI=1S/C39H41F4N9O5S/c1-4-23-16-28(52-37(58)51(36(56)38(52,2)3)27-9-8-24(19-44)29(18-27)39(41,42)43)20-45-35(23)57-15-14-49-12-13-50(31(40)21-49)22-33(54)47-26-7-5-6-25(17-26)46-30-10-11-32(53)48-34(30)55/h5-9,16-18,20,30-31,46H,4,10-15,21-22H2,1-3H3,(H,47,54)(H,48,53,55)/t30?,31-/m0/s1. The van der Waals surface area contributed by atoms with Crippen molar-refractivity contribution >= 4 is 63.7 Å². The Bertz CT molecular complexity index is 2160. The first kappa shape index (κ1) is 41.9. The summed E-state index contributed by atoms with van der Waals surface area (Å²) >= 11 is 5.65. The van der Waals surface area contributed by atoms with Crippen LogP contribution in [0.15, 0.2) is 54.7 Å². The summed E-state index contributed by atoms with van der Waals surface area (Å²) in [5.41, 5.74) is -1.02. The van der Waals surface area contributed by atoms with E-state index >= 15 is 4.39 Å². The van der Waals surface area contributed by atoms with E-state index in [1.807, 2.05) is 11.8 Å². The summed E-state index contributed by atoms with van der Waals surface area (Å²) in [6.07, 6.45) is -3.72. The van der Waals surface area contributed by atoms with Crippen LogP contribution < -0.4 is 30.5 Å². The molecule has 3 fully saturated rings. The van der Waals surface area contributed by atoms with E-state index in [0.717, 1.165) is 17.0 Å². The van der Waals surface area contributed by atoms with Crippen LogP contribution in [0.25, 0.3) is 0 Å². The highest BCUT2D eigenvalue weighted by molar-refractivity contribution is 7.81. The molecule has 1 aromatic heterocycles. The lowest BCUT2D eigenvalue weighted by atomic mass is 10.0. The fourth-order valence-electron chi connectivity index (χ4n) is 7.04. The van der Waals surface area contributed by atoms with Crippen LogP contribution in [0.4, 0.5) is 40.3 Å². The molecule has 2 atom stereocenters. The van der Waals surface area contributed by atoms with Crippen molar-refractivity contribution in [1.29, 1.82) is 5.26 Å². The number of nitrogens with one attached hydrogen (secondary N) is 3. The molecule has 14 nitrogen and oxygen atoms in total. The van der Waals surface area contributed by atoms with Crippen LogP contribution >= 0.6 is 12.2 Å². The predicted octanol–water partition coefficient (Wildman–Crippen LogP) is 4.60. The molecule has 0 spiro atoms. The zero-order valence-electron chi connectivity index (χ0n) is 31.9. The van der Waals surface area contributed by atoms with Crippen molar-refractivity contribution < 1.29 is 41.5 Å². The Hall–Kier alpha value is -5.71.